The van der Waals surface area contributed by atoms with Crippen molar-refractivity contribution in [2.24, 2.45) is 0 Å². The maximum absolute atomic E-state index is 10.3. The van der Waals surface area contributed by atoms with E-state index in [9.17, 15) is 5.11 Å². The molecule has 0 bridgehead atoms. The van der Waals surface area contributed by atoms with Crippen molar-refractivity contribution in [3.8, 4) is 0 Å². The van der Waals surface area contributed by atoms with Gasteiger partial charge >= 0.3 is 0 Å². The molecule has 0 aliphatic heterocycles. The van der Waals surface area contributed by atoms with Gasteiger partial charge in [-0.15, -0.1) is 0 Å². The Labute approximate surface area is 109 Å². The molecule has 1 aromatic rings. The Kier molecular flexibility index (Phi) is 3.40. The van der Waals surface area contributed by atoms with Crippen LogP contribution >= 0.6 is 0 Å². The van der Waals surface area contributed by atoms with Gasteiger partial charge in [0.1, 0.15) is 0 Å². The topological polar surface area (TPSA) is 32.3 Å². The predicted octanol–water partition coefficient (Wildman–Crippen LogP) is 2.96. The Bertz CT molecular complexity index is 405. The Balaban J connectivity index is 1.51. The van der Waals surface area contributed by atoms with Crippen LogP contribution in [0.5, 0.6) is 0 Å². The summed E-state index contributed by atoms with van der Waals surface area (Å²) in [5.41, 5.74) is 2.41. The third-order valence-electron chi connectivity index (χ3n) is 4.32. The lowest BCUT2D eigenvalue weighted by atomic mass is 10.0. The molecule has 2 nitrogen and oxygen atoms in total. The molecule has 18 heavy (non-hydrogen) atoms. The van der Waals surface area contributed by atoms with Gasteiger partial charge in [-0.3, -0.25) is 0 Å². The highest BCUT2D eigenvalue weighted by Gasteiger charge is 2.30. The van der Waals surface area contributed by atoms with Crippen LogP contribution in [0, 0.1) is 0 Å². The van der Waals surface area contributed by atoms with E-state index >= 15 is 0 Å². The first kappa shape index (κ1) is 12.2. The van der Waals surface area contributed by atoms with E-state index in [1.54, 1.807) is 0 Å². The largest absolute Gasteiger partial charge is 0.389 e. The second-order valence-electron chi connectivity index (χ2n) is 6.05. The molecule has 0 saturated heterocycles. The van der Waals surface area contributed by atoms with Gasteiger partial charge in [0.05, 0.1) is 5.60 Å². The molecule has 2 N–H and O–H groups in total. The van der Waals surface area contributed by atoms with Crippen molar-refractivity contribution in [2.45, 2.75) is 56.6 Å². The third kappa shape index (κ3) is 2.93. The highest BCUT2D eigenvalue weighted by molar-refractivity contribution is 5.29. The summed E-state index contributed by atoms with van der Waals surface area (Å²) in [6, 6.07) is 8.90. The summed E-state index contributed by atoms with van der Waals surface area (Å²) >= 11 is 0. The van der Waals surface area contributed by atoms with Crippen molar-refractivity contribution in [1.29, 1.82) is 0 Å². The number of hydrogen-bond donors (Lipinski definition) is 2. The maximum Gasteiger partial charge on any atom is 0.0771 e. The SMILES string of the molecule is OC1(CNCc2cccc(C3CC3)c2)CCCC1. The molecule has 2 saturated carbocycles. The summed E-state index contributed by atoms with van der Waals surface area (Å²) < 4.78 is 0. The van der Waals surface area contributed by atoms with Crippen LogP contribution < -0.4 is 5.32 Å². The molecule has 0 spiro atoms. The first-order valence-corrected chi connectivity index (χ1v) is 7.27. The second kappa shape index (κ2) is 5.02. The second-order valence-corrected chi connectivity index (χ2v) is 6.05. The summed E-state index contributed by atoms with van der Waals surface area (Å²) in [7, 11) is 0. The van der Waals surface area contributed by atoms with Gasteiger partial charge in [0, 0.05) is 13.1 Å². The summed E-state index contributed by atoms with van der Waals surface area (Å²) in [5.74, 6) is 0.823. The van der Waals surface area contributed by atoms with Crippen LogP contribution in [-0.4, -0.2) is 17.3 Å². The van der Waals surface area contributed by atoms with Gasteiger partial charge in [-0.1, -0.05) is 37.1 Å². The zero-order valence-electron chi connectivity index (χ0n) is 11.0. The number of nitrogens with one attached hydrogen (secondary N) is 1. The van der Waals surface area contributed by atoms with Crippen molar-refractivity contribution in [2.75, 3.05) is 6.54 Å². The molecule has 0 heterocycles. The third-order valence-corrected chi connectivity index (χ3v) is 4.32. The van der Waals surface area contributed by atoms with Gasteiger partial charge in [-0.05, 0) is 42.7 Å². The van der Waals surface area contributed by atoms with Crippen LogP contribution in [0.4, 0.5) is 0 Å². The smallest absolute Gasteiger partial charge is 0.0771 e. The average Bonchev–Trinajstić information content (AvgIpc) is 3.14. The summed E-state index contributed by atoms with van der Waals surface area (Å²) in [5, 5.41) is 13.7. The molecule has 0 aromatic heterocycles. The molecule has 0 atom stereocenters. The molecule has 2 aliphatic carbocycles. The van der Waals surface area contributed by atoms with Crippen molar-refractivity contribution in [1.82, 2.24) is 5.32 Å². The Hall–Kier alpha value is -0.860. The molecule has 0 radical (unpaired) electrons. The van der Waals surface area contributed by atoms with E-state index in [2.05, 4.69) is 29.6 Å². The fourth-order valence-corrected chi connectivity index (χ4v) is 3.02. The van der Waals surface area contributed by atoms with Crippen LogP contribution in [0.1, 0.15) is 55.6 Å². The average molecular weight is 245 g/mol. The molecule has 0 amide bonds. The first-order valence-electron chi connectivity index (χ1n) is 7.27. The molecule has 3 rings (SSSR count). The van der Waals surface area contributed by atoms with E-state index in [-0.39, 0.29) is 0 Å². The summed E-state index contributed by atoms with van der Waals surface area (Å²) in [6.45, 7) is 1.61. The quantitative estimate of drug-likeness (QED) is 0.836. The van der Waals surface area contributed by atoms with Gasteiger partial charge in [-0.2, -0.15) is 0 Å². The molecular formula is C16H23NO. The van der Waals surface area contributed by atoms with Gasteiger partial charge in [0.25, 0.3) is 0 Å². The van der Waals surface area contributed by atoms with Crippen LogP contribution in [0.2, 0.25) is 0 Å². The molecule has 2 fully saturated rings. The van der Waals surface area contributed by atoms with Crippen molar-refractivity contribution in [3.63, 3.8) is 0 Å². The lowest BCUT2D eigenvalue weighted by Crippen LogP contribution is -2.37. The van der Waals surface area contributed by atoms with E-state index in [4.69, 9.17) is 0 Å². The number of benzene rings is 1. The molecular weight excluding hydrogens is 222 g/mol. The minimum atomic E-state index is -0.436. The Morgan fingerprint density at radius 1 is 1.22 bits per heavy atom. The minimum absolute atomic E-state index is 0.436. The van der Waals surface area contributed by atoms with Gasteiger partial charge in [0.2, 0.25) is 0 Å². The van der Waals surface area contributed by atoms with Crippen molar-refractivity contribution >= 4 is 0 Å². The zero-order chi connectivity index (χ0) is 12.4. The van der Waals surface area contributed by atoms with E-state index in [1.807, 2.05) is 0 Å². The summed E-state index contributed by atoms with van der Waals surface area (Å²) in [6.07, 6.45) is 6.99. The van der Waals surface area contributed by atoms with E-state index < -0.39 is 5.60 Å². The van der Waals surface area contributed by atoms with Crippen LogP contribution in [0.15, 0.2) is 24.3 Å². The Morgan fingerprint density at radius 3 is 2.72 bits per heavy atom. The monoisotopic (exact) mass is 245 g/mol. The maximum atomic E-state index is 10.3. The zero-order valence-corrected chi connectivity index (χ0v) is 11.0. The molecule has 1 aromatic carbocycles. The van der Waals surface area contributed by atoms with Crippen LogP contribution in [0.25, 0.3) is 0 Å². The lowest BCUT2D eigenvalue weighted by Gasteiger charge is -2.22. The van der Waals surface area contributed by atoms with Crippen molar-refractivity contribution in [3.05, 3.63) is 35.4 Å². The molecule has 0 unspecified atom stereocenters. The lowest BCUT2D eigenvalue weighted by molar-refractivity contribution is 0.0475. The molecule has 2 aliphatic rings. The standard InChI is InChI=1S/C16H23NO/c18-16(8-1-2-9-16)12-17-11-13-4-3-5-15(10-13)14-6-7-14/h3-5,10,14,17-18H,1-2,6-9,11-12H2. The van der Waals surface area contributed by atoms with Crippen molar-refractivity contribution < 1.29 is 5.11 Å². The van der Waals surface area contributed by atoms with Crippen LogP contribution in [-0.2, 0) is 6.54 Å². The highest BCUT2D eigenvalue weighted by atomic mass is 16.3. The number of rotatable bonds is 5. The molecule has 2 heteroatoms. The predicted molar refractivity (Wildman–Crippen MR) is 73.5 cm³/mol. The fourth-order valence-electron chi connectivity index (χ4n) is 3.02. The number of aliphatic hydroxyl groups is 1. The molecule has 98 valence electrons. The van der Waals surface area contributed by atoms with Crippen LogP contribution in [0.3, 0.4) is 0 Å². The van der Waals surface area contributed by atoms with Gasteiger partial charge < -0.3 is 10.4 Å². The van der Waals surface area contributed by atoms with Gasteiger partial charge in [0.15, 0.2) is 0 Å². The highest BCUT2D eigenvalue weighted by Crippen LogP contribution is 2.40. The summed E-state index contributed by atoms with van der Waals surface area (Å²) in [4.78, 5) is 0. The fraction of sp³-hybridized carbons (Fsp3) is 0.625. The van der Waals surface area contributed by atoms with E-state index in [0.29, 0.717) is 0 Å². The Morgan fingerprint density at radius 2 is 2.00 bits per heavy atom. The van der Waals surface area contributed by atoms with Gasteiger partial charge in [-0.25, -0.2) is 0 Å². The van der Waals surface area contributed by atoms with E-state index in [0.717, 1.165) is 31.8 Å². The first-order chi connectivity index (χ1) is 8.75. The normalized spacial score (nSPS) is 22.3. The minimum Gasteiger partial charge on any atom is -0.389 e. The van der Waals surface area contributed by atoms with E-state index in [1.165, 1.54) is 36.8 Å². The number of hydrogen-bond acceptors (Lipinski definition) is 2.